The highest BCUT2D eigenvalue weighted by atomic mass is 35.5. The first-order valence-corrected chi connectivity index (χ1v) is 5.81. The lowest BCUT2D eigenvalue weighted by Crippen LogP contribution is -2.16. The van der Waals surface area contributed by atoms with Crippen LogP contribution in [-0.2, 0) is 13.0 Å². The first-order valence-electron chi connectivity index (χ1n) is 5.43. The molecule has 17 heavy (non-hydrogen) atoms. The molecule has 0 aliphatic rings. The molecule has 0 fully saturated rings. The Morgan fingerprint density at radius 2 is 2.12 bits per heavy atom. The molecule has 4 heteroatoms. The maximum atomic E-state index is 12.9. The zero-order chi connectivity index (χ0) is 12.1. The van der Waals surface area contributed by atoms with Crippen LogP contribution in [0, 0.1) is 5.82 Å². The van der Waals surface area contributed by atoms with Crippen LogP contribution in [0.25, 0.3) is 0 Å². The van der Waals surface area contributed by atoms with E-state index in [1.807, 2.05) is 12.1 Å². The highest BCUT2D eigenvalue weighted by molar-refractivity contribution is 6.28. The number of nitrogens with one attached hydrogen (secondary N) is 1. The molecule has 1 N–H and O–H groups in total. The molecule has 1 heterocycles. The van der Waals surface area contributed by atoms with Gasteiger partial charge < -0.3 is 9.73 Å². The van der Waals surface area contributed by atoms with Gasteiger partial charge in [0.1, 0.15) is 11.6 Å². The molecule has 0 spiro atoms. The van der Waals surface area contributed by atoms with Crippen molar-refractivity contribution < 1.29 is 8.81 Å². The minimum atomic E-state index is -0.194. The minimum Gasteiger partial charge on any atom is -0.448 e. The summed E-state index contributed by atoms with van der Waals surface area (Å²) in [5.74, 6) is 0.606. The van der Waals surface area contributed by atoms with Crippen LogP contribution in [0.5, 0.6) is 0 Å². The van der Waals surface area contributed by atoms with E-state index in [4.69, 9.17) is 16.0 Å². The second kappa shape index (κ2) is 5.84. The van der Waals surface area contributed by atoms with Gasteiger partial charge in [0.15, 0.2) is 5.22 Å². The Morgan fingerprint density at radius 1 is 1.24 bits per heavy atom. The summed E-state index contributed by atoms with van der Waals surface area (Å²) in [6.45, 7) is 1.39. The average molecular weight is 254 g/mol. The van der Waals surface area contributed by atoms with E-state index in [-0.39, 0.29) is 5.82 Å². The highest BCUT2D eigenvalue weighted by Crippen LogP contribution is 2.12. The first-order chi connectivity index (χ1) is 8.24. The number of rotatable bonds is 5. The second-order valence-electron chi connectivity index (χ2n) is 3.76. The summed E-state index contributed by atoms with van der Waals surface area (Å²) in [7, 11) is 0. The Balaban J connectivity index is 1.73. The van der Waals surface area contributed by atoms with E-state index in [1.165, 1.54) is 6.07 Å². The molecule has 0 unspecified atom stereocenters. The van der Waals surface area contributed by atoms with Crippen molar-refractivity contribution in [1.82, 2.24) is 5.32 Å². The fourth-order valence-corrected chi connectivity index (χ4v) is 1.75. The standard InChI is InChI=1S/C13H13ClFNO/c14-13-5-4-12(17-13)9-16-7-6-10-2-1-3-11(15)8-10/h1-5,8,16H,6-7,9H2. The molecular weight excluding hydrogens is 241 g/mol. The number of halogens is 2. The van der Waals surface area contributed by atoms with Gasteiger partial charge in [-0.15, -0.1) is 0 Å². The van der Waals surface area contributed by atoms with Gasteiger partial charge in [0.05, 0.1) is 6.54 Å². The fourth-order valence-electron chi connectivity index (χ4n) is 1.58. The summed E-state index contributed by atoms with van der Waals surface area (Å²) in [6.07, 6.45) is 0.784. The van der Waals surface area contributed by atoms with Crippen molar-refractivity contribution in [2.75, 3.05) is 6.54 Å². The topological polar surface area (TPSA) is 25.2 Å². The molecule has 0 aliphatic heterocycles. The Kier molecular flexibility index (Phi) is 4.18. The number of benzene rings is 1. The Morgan fingerprint density at radius 3 is 2.82 bits per heavy atom. The molecule has 1 aromatic carbocycles. The molecule has 0 radical (unpaired) electrons. The number of hydrogen-bond acceptors (Lipinski definition) is 2. The van der Waals surface area contributed by atoms with E-state index >= 15 is 0 Å². The largest absolute Gasteiger partial charge is 0.448 e. The molecule has 2 nitrogen and oxygen atoms in total. The summed E-state index contributed by atoms with van der Waals surface area (Å²) in [5.41, 5.74) is 0.981. The van der Waals surface area contributed by atoms with Crippen LogP contribution < -0.4 is 5.32 Å². The Bertz CT molecular complexity index is 484. The molecular formula is C13H13ClFNO. The maximum Gasteiger partial charge on any atom is 0.193 e. The van der Waals surface area contributed by atoms with Gasteiger partial charge in [-0.1, -0.05) is 12.1 Å². The van der Waals surface area contributed by atoms with Crippen LogP contribution in [0.2, 0.25) is 5.22 Å². The summed E-state index contributed by atoms with van der Waals surface area (Å²) >= 11 is 5.65. The van der Waals surface area contributed by atoms with Crippen molar-refractivity contribution in [3.63, 3.8) is 0 Å². The van der Waals surface area contributed by atoms with Gasteiger partial charge in [0.2, 0.25) is 0 Å². The number of hydrogen-bond donors (Lipinski definition) is 1. The third-order valence-corrected chi connectivity index (χ3v) is 2.61. The van der Waals surface area contributed by atoms with Crippen molar-refractivity contribution in [2.45, 2.75) is 13.0 Å². The molecule has 90 valence electrons. The van der Waals surface area contributed by atoms with Crippen LogP contribution in [-0.4, -0.2) is 6.54 Å². The van der Waals surface area contributed by atoms with Crippen LogP contribution in [0.15, 0.2) is 40.8 Å². The van der Waals surface area contributed by atoms with E-state index < -0.39 is 0 Å². The van der Waals surface area contributed by atoms with Gasteiger partial charge >= 0.3 is 0 Å². The lowest BCUT2D eigenvalue weighted by molar-refractivity contribution is 0.485. The summed E-state index contributed by atoms with van der Waals surface area (Å²) < 4.78 is 18.1. The van der Waals surface area contributed by atoms with Crippen LogP contribution >= 0.6 is 11.6 Å². The normalized spacial score (nSPS) is 10.7. The molecule has 0 bridgehead atoms. The second-order valence-corrected chi connectivity index (χ2v) is 4.14. The maximum absolute atomic E-state index is 12.9. The van der Waals surface area contributed by atoms with E-state index in [2.05, 4.69) is 5.32 Å². The average Bonchev–Trinajstić information content (AvgIpc) is 2.71. The van der Waals surface area contributed by atoms with Crippen molar-refractivity contribution in [2.24, 2.45) is 0 Å². The smallest absolute Gasteiger partial charge is 0.193 e. The minimum absolute atomic E-state index is 0.194. The van der Waals surface area contributed by atoms with E-state index in [0.717, 1.165) is 24.3 Å². The van der Waals surface area contributed by atoms with Gasteiger partial charge in [-0.2, -0.15) is 0 Å². The third-order valence-electron chi connectivity index (χ3n) is 2.41. The van der Waals surface area contributed by atoms with Gasteiger partial charge in [-0.25, -0.2) is 4.39 Å². The van der Waals surface area contributed by atoms with E-state index in [0.29, 0.717) is 11.8 Å². The predicted molar refractivity (Wildman–Crippen MR) is 65.5 cm³/mol. The molecule has 0 atom stereocenters. The molecule has 0 saturated carbocycles. The predicted octanol–water partition coefficient (Wildman–Crippen LogP) is 3.40. The Hall–Kier alpha value is -1.32. The van der Waals surface area contributed by atoms with Gasteiger partial charge in [-0.05, 0) is 54.4 Å². The lowest BCUT2D eigenvalue weighted by Gasteiger charge is -2.03. The highest BCUT2D eigenvalue weighted by Gasteiger charge is 1.99. The molecule has 0 amide bonds. The van der Waals surface area contributed by atoms with Crippen molar-refractivity contribution in [3.8, 4) is 0 Å². The van der Waals surface area contributed by atoms with Crippen molar-refractivity contribution in [1.29, 1.82) is 0 Å². The molecule has 1 aromatic heterocycles. The monoisotopic (exact) mass is 253 g/mol. The van der Waals surface area contributed by atoms with Crippen LogP contribution in [0.3, 0.4) is 0 Å². The van der Waals surface area contributed by atoms with Crippen LogP contribution in [0.4, 0.5) is 4.39 Å². The van der Waals surface area contributed by atoms with Crippen molar-refractivity contribution in [3.05, 3.63) is 58.8 Å². The number of furan rings is 1. The van der Waals surface area contributed by atoms with Gasteiger partial charge in [0.25, 0.3) is 0 Å². The summed E-state index contributed by atoms with van der Waals surface area (Å²) in [4.78, 5) is 0. The van der Waals surface area contributed by atoms with E-state index in [1.54, 1.807) is 18.2 Å². The quantitative estimate of drug-likeness (QED) is 0.827. The Labute approximate surface area is 104 Å². The van der Waals surface area contributed by atoms with Gasteiger partial charge in [0, 0.05) is 0 Å². The first kappa shape index (κ1) is 12.1. The fraction of sp³-hybridized carbons (Fsp3) is 0.231. The summed E-state index contributed by atoms with van der Waals surface area (Å²) in [5, 5.41) is 3.60. The molecule has 2 rings (SSSR count). The molecule has 0 aliphatic carbocycles. The zero-order valence-electron chi connectivity index (χ0n) is 9.25. The van der Waals surface area contributed by atoms with Gasteiger partial charge in [-0.3, -0.25) is 0 Å². The SMILES string of the molecule is Fc1cccc(CCNCc2ccc(Cl)o2)c1. The van der Waals surface area contributed by atoms with E-state index in [9.17, 15) is 4.39 Å². The zero-order valence-corrected chi connectivity index (χ0v) is 10.0. The lowest BCUT2D eigenvalue weighted by atomic mass is 10.1. The third kappa shape index (κ3) is 3.88. The summed E-state index contributed by atoms with van der Waals surface area (Å²) in [6, 6.07) is 10.2. The molecule has 0 saturated heterocycles. The molecule has 2 aromatic rings. The van der Waals surface area contributed by atoms with Crippen LogP contribution in [0.1, 0.15) is 11.3 Å². The van der Waals surface area contributed by atoms with Crippen molar-refractivity contribution >= 4 is 11.6 Å².